The van der Waals surface area contributed by atoms with Crippen molar-refractivity contribution in [3.05, 3.63) is 34.3 Å². The van der Waals surface area contributed by atoms with Crippen molar-refractivity contribution in [1.82, 2.24) is 5.32 Å². The molecule has 0 fully saturated rings. The second kappa shape index (κ2) is 9.33. The van der Waals surface area contributed by atoms with Gasteiger partial charge in [-0.05, 0) is 37.6 Å². The van der Waals surface area contributed by atoms with Crippen LogP contribution in [0.25, 0.3) is 0 Å². The van der Waals surface area contributed by atoms with E-state index in [9.17, 15) is 9.59 Å². The second-order valence-electron chi connectivity index (χ2n) is 4.31. The van der Waals surface area contributed by atoms with Crippen molar-refractivity contribution < 1.29 is 14.3 Å². The topological polar surface area (TPSA) is 67.4 Å². The number of hydrogen-bond donors (Lipinski definition) is 2. The van der Waals surface area contributed by atoms with Gasteiger partial charge in [0.05, 0.1) is 6.61 Å². The number of halogens is 2. The third kappa shape index (κ3) is 5.58. The lowest BCUT2D eigenvalue weighted by Crippen LogP contribution is -2.25. The van der Waals surface area contributed by atoms with Crippen LogP contribution in [0.5, 0.6) is 5.75 Å². The van der Waals surface area contributed by atoms with Crippen LogP contribution >= 0.6 is 23.2 Å². The Kier molecular flexibility index (Phi) is 7.77. The molecule has 1 aromatic carbocycles. The van der Waals surface area contributed by atoms with Crippen LogP contribution in [-0.4, -0.2) is 25.0 Å². The van der Waals surface area contributed by atoms with Crippen molar-refractivity contribution in [3.63, 3.8) is 0 Å². The van der Waals surface area contributed by atoms with Gasteiger partial charge in [-0.3, -0.25) is 9.59 Å². The highest BCUT2D eigenvalue weighted by molar-refractivity contribution is 6.54. The van der Waals surface area contributed by atoms with E-state index in [2.05, 4.69) is 10.6 Å². The fourth-order valence-electron chi connectivity index (χ4n) is 1.48. The van der Waals surface area contributed by atoms with Crippen LogP contribution in [0.15, 0.2) is 34.3 Å². The highest BCUT2D eigenvalue weighted by Gasteiger charge is 2.17. The standard InChI is InChI=1S/C15H18Cl2N2O3/c1-3-9-22-11-7-5-10(6-8-11)19-15(21)13(17)12(16)14(20)18-4-2/h5-8H,3-4,9H2,1-2H3,(H,18,20)(H,19,21)/b13-12-. The molecule has 1 rings (SSSR count). The molecule has 7 heteroatoms. The number of nitrogens with one attached hydrogen (secondary N) is 2. The third-order valence-electron chi connectivity index (χ3n) is 2.51. The van der Waals surface area contributed by atoms with E-state index in [-0.39, 0.29) is 10.1 Å². The summed E-state index contributed by atoms with van der Waals surface area (Å²) in [6.07, 6.45) is 0.914. The van der Waals surface area contributed by atoms with Gasteiger partial charge in [0.1, 0.15) is 15.8 Å². The summed E-state index contributed by atoms with van der Waals surface area (Å²) < 4.78 is 5.44. The summed E-state index contributed by atoms with van der Waals surface area (Å²) in [7, 11) is 0. The van der Waals surface area contributed by atoms with Crippen molar-refractivity contribution in [2.24, 2.45) is 0 Å². The summed E-state index contributed by atoms with van der Waals surface area (Å²) in [5, 5.41) is 4.31. The largest absolute Gasteiger partial charge is 0.494 e. The van der Waals surface area contributed by atoms with E-state index in [4.69, 9.17) is 27.9 Å². The Morgan fingerprint density at radius 2 is 1.64 bits per heavy atom. The Labute approximate surface area is 139 Å². The van der Waals surface area contributed by atoms with Crippen LogP contribution in [0.4, 0.5) is 5.69 Å². The summed E-state index contributed by atoms with van der Waals surface area (Å²) in [5.41, 5.74) is 0.521. The smallest absolute Gasteiger partial charge is 0.268 e. The van der Waals surface area contributed by atoms with Gasteiger partial charge >= 0.3 is 0 Å². The number of anilines is 1. The van der Waals surface area contributed by atoms with E-state index in [0.717, 1.165) is 6.42 Å². The van der Waals surface area contributed by atoms with Crippen molar-refractivity contribution in [2.45, 2.75) is 20.3 Å². The first-order valence-electron chi connectivity index (χ1n) is 6.87. The average molecular weight is 345 g/mol. The summed E-state index contributed by atoms with van der Waals surface area (Å²) in [6, 6.07) is 6.81. The minimum absolute atomic E-state index is 0.344. The van der Waals surface area contributed by atoms with Gasteiger partial charge in [0.15, 0.2) is 0 Å². The van der Waals surface area contributed by atoms with Crippen LogP contribution in [0.1, 0.15) is 20.3 Å². The van der Waals surface area contributed by atoms with E-state index in [1.54, 1.807) is 31.2 Å². The SMILES string of the molecule is CCCOc1ccc(NC(=O)/C(Cl)=C(/Cl)C(=O)NCC)cc1. The van der Waals surface area contributed by atoms with Gasteiger partial charge in [0.25, 0.3) is 11.8 Å². The minimum Gasteiger partial charge on any atom is -0.494 e. The molecule has 2 amide bonds. The summed E-state index contributed by atoms with van der Waals surface area (Å²) in [5.74, 6) is -0.533. The minimum atomic E-state index is -0.653. The zero-order chi connectivity index (χ0) is 16.5. The molecule has 0 bridgehead atoms. The first kappa shape index (κ1) is 18.3. The number of carbonyl (C=O) groups is 2. The summed E-state index contributed by atoms with van der Waals surface area (Å²) in [4.78, 5) is 23.4. The molecule has 0 radical (unpaired) electrons. The summed E-state index contributed by atoms with van der Waals surface area (Å²) >= 11 is 11.6. The fourth-order valence-corrected chi connectivity index (χ4v) is 1.76. The van der Waals surface area contributed by atoms with E-state index in [1.807, 2.05) is 6.92 Å². The number of amides is 2. The van der Waals surface area contributed by atoms with Crippen molar-refractivity contribution >= 4 is 40.7 Å². The molecular formula is C15H18Cl2N2O3. The molecule has 0 aliphatic carbocycles. The molecule has 0 saturated heterocycles. The molecule has 0 aromatic heterocycles. The first-order chi connectivity index (χ1) is 10.5. The van der Waals surface area contributed by atoms with Crippen molar-refractivity contribution in [1.29, 1.82) is 0 Å². The van der Waals surface area contributed by atoms with E-state index in [0.29, 0.717) is 24.6 Å². The van der Waals surface area contributed by atoms with Crippen LogP contribution in [0.2, 0.25) is 0 Å². The lowest BCUT2D eigenvalue weighted by molar-refractivity contribution is -0.117. The van der Waals surface area contributed by atoms with Gasteiger partial charge in [-0.25, -0.2) is 0 Å². The Hall–Kier alpha value is -1.72. The maximum absolute atomic E-state index is 11.9. The van der Waals surface area contributed by atoms with Gasteiger partial charge in [0.2, 0.25) is 0 Å². The normalized spacial score (nSPS) is 11.5. The van der Waals surface area contributed by atoms with E-state index in [1.165, 1.54) is 0 Å². The Morgan fingerprint density at radius 3 is 2.18 bits per heavy atom. The highest BCUT2D eigenvalue weighted by Crippen LogP contribution is 2.19. The third-order valence-corrected chi connectivity index (χ3v) is 3.33. The van der Waals surface area contributed by atoms with Gasteiger partial charge in [-0.15, -0.1) is 0 Å². The molecule has 0 atom stereocenters. The Bertz CT molecular complexity index is 556. The maximum Gasteiger partial charge on any atom is 0.268 e. The fraction of sp³-hybridized carbons (Fsp3) is 0.333. The van der Waals surface area contributed by atoms with Crippen LogP contribution in [0, 0.1) is 0 Å². The molecule has 0 aliphatic rings. The van der Waals surface area contributed by atoms with Gasteiger partial charge in [0, 0.05) is 12.2 Å². The number of carbonyl (C=O) groups excluding carboxylic acids is 2. The lowest BCUT2D eigenvalue weighted by Gasteiger charge is -2.08. The number of benzene rings is 1. The highest BCUT2D eigenvalue weighted by atomic mass is 35.5. The van der Waals surface area contributed by atoms with Crippen LogP contribution < -0.4 is 15.4 Å². The molecule has 0 saturated carbocycles. The van der Waals surface area contributed by atoms with Crippen molar-refractivity contribution in [3.8, 4) is 5.75 Å². The van der Waals surface area contributed by atoms with Gasteiger partial charge < -0.3 is 15.4 Å². The number of rotatable bonds is 7. The van der Waals surface area contributed by atoms with E-state index < -0.39 is 11.8 Å². The molecule has 0 heterocycles. The second-order valence-corrected chi connectivity index (χ2v) is 5.07. The molecule has 0 aliphatic heterocycles. The molecule has 1 aromatic rings. The monoisotopic (exact) mass is 344 g/mol. The molecule has 22 heavy (non-hydrogen) atoms. The van der Waals surface area contributed by atoms with Crippen molar-refractivity contribution in [2.75, 3.05) is 18.5 Å². The quantitative estimate of drug-likeness (QED) is 0.746. The molecule has 0 unspecified atom stereocenters. The van der Waals surface area contributed by atoms with E-state index >= 15 is 0 Å². The number of ether oxygens (including phenoxy) is 1. The summed E-state index contributed by atoms with van der Waals surface area (Å²) in [6.45, 7) is 4.77. The van der Waals surface area contributed by atoms with Gasteiger partial charge in [-0.2, -0.15) is 0 Å². The molecular weight excluding hydrogens is 327 g/mol. The average Bonchev–Trinajstić information content (AvgIpc) is 2.53. The number of hydrogen-bond acceptors (Lipinski definition) is 3. The zero-order valence-electron chi connectivity index (χ0n) is 12.4. The predicted octanol–water partition coefficient (Wildman–Crippen LogP) is 3.24. The Balaban J connectivity index is 2.71. The van der Waals surface area contributed by atoms with Crippen LogP contribution in [0.3, 0.4) is 0 Å². The van der Waals surface area contributed by atoms with Crippen LogP contribution in [-0.2, 0) is 9.59 Å². The predicted molar refractivity (Wildman–Crippen MR) is 88.3 cm³/mol. The van der Waals surface area contributed by atoms with Gasteiger partial charge in [-0.1, -0.05) is 30.1 Å². The molecule has 5 nitrogen and oxygen atoms in total. The molecule has 2 N–H and O–H groups in total. The Morgan fingerprint density at radius 1 is 1.05 bits per heavy atom. The molecule has 0 spiro atoms. The first-order valence-corrected chi connectivity index (χ1v) is 7.62. The number of likely N-dealkylation sites (N-methyl/N-ethyl adjacent to an activating group) is 1. The zero-order valence-corrected chi connectivity index (χ0v) is 13.9. The maximum atomic E-state index is 11.9. The molecule has 120 valence electrons. The lowest BCUT2D eigenvalue weighted by atomic mass is 10.3.